The Hall–Kier alpha value is -3.24. The van der Waals surface area contributed by atoms with Gasteiger partial charge in [0, 0.05) is 0 Å². The number of amides is 2. The SMILES string of the molecule is N#Cc1ccccc1CN1C(=O)SC(=Cc2ccc3c(c2)OCO3)C1=O. The molecular formula is C19H12N2O4S. The van der Waals surface area contributed by atoms with Crippen molar-refractivity contribution in [2.75, 3.05) is 6.79 Å². The van der Waals surface area contributed by atoms with Crippen LogP contribution in [0.5, 0.6) is 11.5 Å². The molecule has 1 fully saturated rings. The second-order valence-corrected chi connectivity index (χ2v) is 6.64. The third kappa shape index (κ3) is 2.91. The number of carbonyl (C=O) groups is 2. The van der Waals surface area contributed by atoms with Crippen LogP contribution in [0.3, 0.4) is 0 Å². The molecule has 0 saturated carbocycles. The van der Waals surface area contributed by atoms with Crippen LogP contribution in [0, 0.1) is 11.3 Å². The molecule has 4 rings (SSSR count). The number of carbonyl (C=O) groups excluding carboxylic acids is 2. The molecule has 6 nitrogen and oxygen atoms in total. The monoisotopic (exact) mass is 364 g/mol. The lowest BCUT2D eigenvalue weighted by molar-refractivity contribution is -0.123. The van der Waals surface area contributed by atoms with Gasteiger partial charge in [-0.3, -0.25) is 14.5 Å². The Labute approximate surface area is 153 Å². The summed E-state index contributed by atoms with van der Waals surface area (Å²) < 4.78 is 10.6. The van der Waals surface area contributed by atoms with Gasteiger partial charge in [-0.25, -0.2) is 0 Å². The number of imide groups is 1. The van der Waals surface area contributed by atoms with Crippen molar-refractivity contribution >= 4 is 29.0 Å². The molecule has 0 atom stereocenters. The fourth-order valence-electron chi connectivity index (χ4n) is 2.73. The molecule has 0 unspecified atom stereocenters. The van der Waals surface area contributed by atoms with Gasteiger partial charge in [0.25, 0.3) is 11.1 Å². The van der Waals surface area contributed by atoms with E-state index in [9.17, 15) is 14.9 Å². The summed E-state index contributed by atoms with van der Waals surface area (Å²) in [6, 6.07) is 14.3. The average Bonchev–Trinajstić information content (AvgIpc) is 3.22. The Morgan fingerprint density at radius 2 is 1.96 bits per heavy atom. The van der Waals surface area contributed by atoms with Crippen LogP contribution in [-0.2, 0) is 11.3 Å². The van der Waals surface area contributed by atoms with Crippen molar-refractivity contribution in [3.63, 3.8) is 0 Å². The standard InChI is InChI=1S/C19H12N2O4S/c20-9-13-3-1-2-4-14(13)10-21-18(22)17(26-19(21)23)8-12-5-6-15-16(7-12)25-11-24-15/h1-8H,10-11H2. The number of ether oxygens (including phenoxy) is 2. The summed E-state index contributed by atoms with van der Waals surface area (Å²) in [5.74, 6) is 0.898. The van der Waals surface area contributed by atoms with Gasteiger partial charge in [-0.15, -0.1) is 0 Å². The smallest absolute Gasteiger partial charge is 0.293 e. The van der Waals surface area contributed by atoms with Crippen LogP contribution in [0.15, 0.2) is 47.4 Å². The molecule has 0 aliphatic carbocycles. The Balaban J connectivity index is 1.58. The molecule has 26 heavy (non-hydrogen) atoms. The number of fused-ring (bicyclic) bond motifs is 1. The van der Waals surface area contributed by atoms with E-state index < -0.39 is 0 Å². The summed E-state index contributed by atoms with van der Waals surface area (Å²) in [4.78, 5) is 26.4. The maximum Gasteiger partial charge on any atom is 0.293 e. The molecule has 0 spiro atoms. The van der Waals surface area contributed by atoms with Crippen molar-refractivity contribution in [2.24, 2.45) is 0 Å². The minimum atomic E-state index is -0.370. The number of nitrogens with zero attached hydrogens (tertiary/aromatic N) is 2. The molecule has 2 aliphatic heterocycles. The van der Waals surface area contributed by atoms with E-state index in [1.54, 1.807) is 48.5 Å². The Bertz CT molecular complexity index is 993. The minimum Gasteiger partial charge on any atom is -0.454 e. The summed E-state index contributed by atoms with van der Waals surface area (Å²) in [6.07, 6.45) is 1.66. The first-order valence-electron chi connectivity index (χ1n) is 7.79. The lowest BCUT2D eigenvalue weighted by Crippen LogP contribution is -2.27. The van der Waals surface area contributed by atoms with Crippen LogP contribution in [0.2, 0.25) is 0 Å². The lowest BCUT2D eigenvalue weighted by atomic mass is 10.1. The minimum absolute atomic E-state index is 0.0763. The molecule has 2 amide bonds. The fraction of sp³-hybridized carbons (Fsp3) is 0.105. The van der Waals surface area contributed by atoms with Crippen LogP contribution in [0.1, 0.15) is 16.7 Å². The normalized spacial score (nSPS) is 17.0. The lowest BCUT2D eigenvalue weighted by Gasteiger charge is -2.13. The van der Waals surface area contributed by atoms with Gasteiger partial charge in [-0.1, -0.05) is 24.3 Å². The first-order chi connectivity index (χ1) is 12.7. The van der Waals surface area contributed by atoms with Gasteiger partial charge in [0.1, 0.15) is 0 Å². The third-order valence-electron chi connectivity index (χ3n) is 4.03. The van der Waals surface area contributed by atoms with Gasteiger partial charge in [-0.2, -0.15) is 5.26 Å². The highest BCUT2D eigenvalue weighted by molar-refractivity contribution is 8.18. The van der Waals surface area contributed by atoms with Crippen LogP contribution < -0.4 is 9.47 Å². The Morgan fingerprint density at radius 1 is 1.15 bits per heavy atom. The van der Waals surface area contributed by atoms with E-state index in [-0.39, 0.29) is 24.5 Å². The molecule has 2 aromatic rings. The highest BCUT2D eigenvalue weighted by atomic mass is 32.2. The van der Waals surface area contributed by atoms with E-state index in [4.69, 9.17) is 9.47 Å². The number of benzene rings is 2. The van der Waals surface area contributed by atoms with Crippen LogP contribution >= 0.6 is 11.8 Å². The number of hydrogen-bond donors (Lipinski definition) is 0. The molecule has 2 aromatic carbocycles. The van der Waals surface area contributed by atoms with E-state index in [1.165, 1.54) is 0 Å². The summed E-state index contributed by atoms with van der Waals surface area (Å²) in [5.41, 5.74) is 1.84. The number of thioether (sulfide) groups is 1. The van der Waals surface area contributed by atoms with E-state index in [0.29, 0.717) is 27.5 Å². The van der Waals surface area contributed by atoms with E-state index in [0.717, 1.165) is 22.2 Å². The fourth-order valence-corrected chi connectivity index (χ4v) is 3.57. The summed E-state index contributed by atoms with van der Waals surface area (Å²) in [5, 5.41) is 8.82. The number of hydrogen-bond acceptors (Lipinski definition) is 6. The quantitative estimate of drug-likeness (QED) is 0.775. The van der Waals surface area contributed by atoms with Gasteiger partial charge in [0.05, 0.1) is 23.1 Å². The molecule has 128 valence electrons. The highest BCUT2D eigenvalue weighted by Gasteiger charge is 2.35. The zero-order chi connectivity index (χ0) is 18.1. The van der Waals surface area contributed by atoms with Crippen LogP contribution in [-0.4, -0.2) is 22.8 Å². The average molecular weight is 364 g/mol. The van der Waals surface area contributed by atoms with E-state index in [2.05, 4.69) is 6.07 Å². The molecule has 0 bridgehead atoms. The maximum atomic E-state index is 12.6. The first kappa shape index (κ1) is 16.2. The number of nitriles is 1. The zero-order valence-corrected chi connectivity index (χ0v) is 14.3. The zero-order valence-electron chi connectivity index (χ0n) is 13.5. The predicted molar refractivity (Wildman–Crippen MR) is 95.2 cm³/mol. The number of rotatable bonds is 3. The van der Waals surface area contributed by atoms with Crippen molar-refractivity contribution in [3.8, 4) is 17.6 Å². The Morgan fingerprint density at radius 3 is 2.81 bits per heavy atom. The third-order valence-corrected chi connectivity index (χ3v) is 4.94. The molecule has 2 heterocycles. The van der Waals surface area contributed by atoms with E-state index >= 15 is 0 Å². The van der Waals surface area contributed by atoms with Crippen molar-refractivity contribution in [1.82, 2.24) is 4.90 Å². The van der Waals surface area contributed by atoms with Crippen LogP contribution in [0.25, 0.3) is 6.08 Å². The molecule has 0 aromatic heterocycles. The van der Waals surface area contributed by atoms with Crippen LogP contribution in [0.4, 0.5) is 4.79 Å². The molecule has 7 heteroatoms. The summed E-state index contributed by atoms with van der Waals surface area (Å²) in [7, 11) is 0. The van der Waals surface area contributed by atoms with Gasteiger partial charge >= 0.3 is 0 Å². The molecule has 0 radical (unpaired) electrons. The maximum absolute atomic E-state index is 12.6. The highest BCUT2D eigenvalue weighted by Crippen LogP contribution is 2.36. The van der Waals surface area contributed by atoms with Crippen molar-refractivity contribution < 1.29 is 19.1 Å². The molecule has 1 saturated heterocycles. The first-order valence-corrected chi connectivity index (χ1v) is 8.60. The van der Waals surface area contributed by atoms with Crippen molar-refractivity contribution in [1.29, 1.82) is 5.26 Å². The van der Waals surface area contributed by atoms with Crippen molar-refractivity contribution in [2.45, 2.75) is 6.54 Å². The predicted octanol–water partition coefficient (Wildman–Crippen LogP) is 3.52. The topological polar surface area (TPSA) is 79.6 Å². The second kappa shape index (κ2) is 6.58. The van der Waals surface area contributed by atoms with Gasteiger partial charge < -0.3 is 9.47 Å². The van der Waals surface area contributed by atoms with Gasteiger partial charge in [0.2, 0.25) is 6.79 Å². The summed E-state index contributed by atoms with van der Waals surface area (Å²) in [6.45, 7) is 0.250. The van der Waals surface area contributed by atoms with E-state index in [1.807, 2.05) is 0 Å². The largest absolute Gasteiger partial charge is 0.454 e. The van der Waals surface area contributed by atoms with Gasteiger partial charge in [-0.05, 0) is 47.2 Å². The molecule has 0 N–H and O–H groups in total. The second-order valence-electron chi connectivity index (χ2n) is 5.65. The van der Waals surface area contributed by atoms with Crippen molar-refractivity contribution in [3.05, 3.63) is 64.1 Å². The van der Waals surface area contributed by atoms with Gasteiger partial charge in [0.15, 0.2) is 11.5 Å². The molecule has 2 aliphatic rings. The summed E-state index contributed by atoms with van der Waals surface area (Å²) >= 11 is 0.886. The molecular weight excluding hydrogens is 352 g/mol. The Kier molecular flexibility index (Phi) is 4.11.